The largest absolute Gasteiger partial charge is 0.494 e. The highest BCUT2D eigenvalue weighted by atomic mass is 16.5. The highest BCUT2D eigenvalue weighted by molar-refractivity contribution is 5.96. The van der Waals surface area contributed by atoms with Gasteiger partial charge < -0.3 is 9.47 Å². The quantitative estimate of drug-likeness (QED) is 0.0751. The fourth-order valence-electron chi connectivity index (χ4n) is 3.54. The number of nitrogens with zero attached hydrogens (tertiary/aromatic N) is 2. The number of ketones is 1. The first-order valence-corrected chi connectivity index (χ1v) is 12.7. The number of esters is 1. The highest BCUT2D eigenvalue weighted by Crippen LogP contribution is 2.23. The van der Waals surface area contributed by atoms with Gasteiger partial charge in [-0.25, -0.2) is 4.79 Å². The Hall–Kier alpha value is -3.80. The van der Waals surface area contributed by atoms with Gasteiger partial charge in [0.15, 0.2) is 5.78 Å². The molecule has 0 aromatic heterocycles. The molecule has 6 heteroatoms. The number of hydrogen-bond donors (Lipinski definition) is 0. The van der Waals surface area contributed by atoms with Crippen LogP contribution in [0.5, 0.6) is 11.5 Å². The van der Waals surface area contributed by atoms with Gasteiger partial charge in [-0.15, -0.1) is 0 Å². The summed E-state index contributed by atoms with van der Waals surface area (Å²) in [6, 6.07) is 20.8. The molecular formula is C30H34N2O4. The van der Waals surface area contributed by atoms with Gasteiger partial charge in [0.1, 0.15) is 11.5 Å². The van der Waals surface area contributed by atoms with Gasteiger partial charge in [0.05, 0.1) is 23.5 Å². The maximum absolute atomic E-state index is 12.5. The Balaban J connectivity index is 1.45. The Bertz CT molecular complexity index is 1120. The van der Waals surface area contributed by atoms with Crippen molar-refractivity contribution in [3.05, 3.63) is 83.9 Å². The Labute approximate surface area is 213 Å². The molecule has 0 amide bonds. The SMILES string of the molecule is CCCCCCCCOc1ccc(C(=O)Oc2ccc(N=Nc3ccc(C(=O)CC)cc3)cc2)cc1. The molecule has 0 spiro atoms. The molecule has 3 rings (SSSR count). The molecule has 188 valence electrons. The first-order valence-electron chi connectivity index (χ1n) is 12.7. The number of ether oxygens (including phenoxy) is 2. The third-order valence-electron chi connectivity index (χ3n) is 5.70. The van der Waals surface area contributed by atoms with Gasteiger partial charge >= 0.3 is 5.97 Å². The van der Waals surface area contributed by atoms with Crippen molar-refractivity contribution in [2.24, 2.45) is 10.2 Å². The smallest absolute Gasteiger partial charge is 0.343 e. The van der Waals surface area contributed by atoms with E-state index in [1.165, 1.54) is 32.1 Å². The molecule has 0 aliphatic carbocycles. The normalized spacial score (nSPS) is 10.9. The molecule has 3 aromatic carbocycles. The lowest BCUT2D eigenvalue weighted by Gasteiger charge is -2.08. The summed E-state index contributed by atoms with van der Waals surface area (Å²) in [5.41, 5.74) is 2.39. The number of Topliss-reactive ketones (excluding diaryl/α,β-unsaturated/α-hetero) is 1. The molecule has 0 saturated heterocycles. The molecule has 0 saturated carbocycles. The van der Waals surface area contributed by atoms with Crippen LogP contribution in [0.1, 0.15) is 79.5 Å². The summed E-state index contributed by atoms with van der Waals surface area (Å²) in [7, 11) is 0. The van der Waals surface area contributed by atoms with Crippen molar-refractivity contribution >= 4 is 23.1 Å². The van der Waals surface area contributed by atoms with E-state index in [0.29, 0.717) is 41.3 Å². The van der Waals surface area contributed by atoms with Crippen molar-refractivity contribution in [1.29, 1.82) is 0 Å². The number of benzene rings is 3. The fraction of sp³-hybridized carbons (Fsp3) is 0.333. The molecule has 0 aliphatic heterocycles. The molecule has 3 aromatic rings. The Morgan fingerprint density at radius 1 is 0.639 bits per heavy atom. The molecule has 0 atom stereocenters. The van der Waals surface area contributed by atoms with Crippen molar-refractivity contribution in [2.75, 3.05) is 6.61 Å². The van der Waals surface area contributed by atoms with E-state index < -0.39 is 5.97 Å². The summed E-state index contributed by atoms with van der Waals surface area (Å²) in [5, 5.41) is 8.38. The van der Waals surface area contributed by atoms with Crippen molar-refractivity contribution in [3.8, 4) is 11.5 Å². The van der Waals surface area contributed by atoms with Crippen molar-refractivity contribution < 1.29 is 19.1 Å². The number of azo groups is 1. The van der Waals surface area contributed by atoms with Crippen LogP contribution in [0.2, 0.25) is 0 Å². The van der Waals surface area contributed by atoms with Crippen molar-refractivity contribution in [3.63, 3.8) is 0 Å². The summed E-state index contributed by atoms with van der Waals surface area (Å²) < 4.78 is 11.2. The van der Waals surface area contributed by atoms with Crippen molar-refractivity contribution in [1.82, 2.24) is 0 Å². The Morgan fingerprint density at radius 2 is 1.17 bits per heavy atom. The standard InChI is InChI=1S/C30H34N2O4/c1-3-5-6-7-8-9-22-35-27-18-12-24(13-19-27)30(34)36-28-20-16-26(17-21-28)32-31-25-14-10-23(11-15-25)29(33)4-2/h10-21H,3-9,22H2,1-2H3. The number of unbranched alkanes of at least 4 members (excludes halogenated alkanes) is 5. The van der Waals surface area contributed by atoms with Crippen LogP contribution in [0.25, 0.3) is 0 Å². The molecule has 0 bridgehead atoms. The van der Waals surface area contributed by atoms with E-state index >= 15 is 0 Å². The summed E-state index contributed by atoms with van der Waals surface area (Å²) in [6.45, 7) is 4.73. The second-order valence-electron chi connectivity index (χ2n) is 8.55. The number of hydrogen-bond acceptors (Lipinski definition) is 6. The van der Waals surface area contributed by atoms with E-state index in [0.717, 1.165) is 12.2 Å². The zero-order valence-electron chi connectivity index (χ0n) is 21.1. The first kappa shape index (κ1) is 26.8. The lowest BCUT2D eigenvalue weighted by Crippen LogP contribution is -2.08. The Kier molecular flexibility index (Phi) is 10.8. The van der Waals surface area contributed by atoms with Gasteiger partial charge in [-0.3, -0.25) is 4.79 Å². The first-order chi connectivity index (χ1) is 17.6. The van der Waals surface area contributed by atoms with Gasteiger partial charge in [-0.2, -0.15) is 10.2 Å². The molecule has 0 N–H and O–H groups in total. The number of carbonyl (C=O) groups is 2. The van der Waals surface area contributed by atoms with E-state index in [1.54, 1.807) is 72.8 Å². The van der Waals surface area contributed by atoms with Gasteiger partial charge in [0.25, 0.3) is 0 Å². The molecule has 0 aliphatic rings. The molecule has 36 heavy (non-hydrogen) atoms. The van der Waals surface area contributed by atoms with E-state index in [9.17, 15) is 9.59 Å². The van der Waals surface area contributed by atoms with E-state index in [-0.39, 0.29) is 5.78 Å². The third-order valence-corrected chi connectivity index (χ3v) is 5.70. The van der Waals surface area contributed by atoms with Crippen molar-refractivity contribution in [2.45, 2.75) is 58.8 Å². The second kappa shape index (κ2) is 14.6. The molecular weight excluding hydrogens is 452 g/mol. The van der Waals surface area contributed by atoms with Crippen LogP contribution in [0.4, 0.5) is 11.4 Å². The zero-order valence-corrected chi connectivity index (χ0v) is 21.1. The number of rotatable bonds is 14. The van der Waals surface area contributed by atoms with Gasteiger partial charge in [0.2, 0.25) is 0 Å². The highest BCUT2D eigenvalue weighted by Gasteiger charge is 2.09. The molecule has 0 fully saturated rings. The van der Waals surface area contributed by atoms with Crippen LogP contribution in [0.15, 0.2) is 83.0 Å². The Morgan fingerprint density at radius 3 is 1.78 bits per heavy atom. The minimum atomic E-state index is -0.437. The van der Waals surface area contributed by atoms with Gasteiger partial charge in [-0.1, -0.05) is 46.0 Å². The van der Waals surface area contributed by atoms with Gasteiger partial charge in [0, 0.05) is 12.0 Å². The van der Waals surface area contributed by atoms with Crippen LogP contribution in [-0.4, -0.2) is 18.4 Å². The average molecular weight is 487 g/mol. The van der Waals surface area contributed by atoms with Crippen LogP contribution in [0.3, 0.4) is 0 Å². The van der Waals surface area contributed by atoms with E-state index in [2.05, 4.69) is 17.2 Å². The molecule has 0 heterocycles. The molecule has 6 nitrogen and oxygen atoms in total. The van der Waals surface area contributed by atoms with Crippen LogP contribution >= 0.6 is 0 Å². The summed E-state index contributed by atoms with van der Waals surface area (Å²) in [6.07, 6.45) is 7.78. The molecule has 0 radical (unpaired) electrons. The summed E-state index contributed by atoms with van der Waals surface area (Å²) in [5.74, 6) is 0.830. The van der Waals surface area contributed by atoms with E-state index in [4.69, 9.17) is 9.47 Å². The summed E-state index contributed by atoms with van der Waals surface area (Å²) in [4.78, 5) is 24.2. The fourth-order valence-corrected chi connectivity index (χ4v) is 3.54. The van der Waals surface area contributed by atoms with E-state index in [1.807, 2.05) is 6.92 Å². The van der Waals surface area contributed by atoms with Crippen LogP contribution in [0, 0.1) is 0 Å². The lowest BCUT2D eigenvalue weighted by molar-refractivity contribution is 0.0734. The third kappa shape index (κ3) is 8.77. The maximum Gasteiger partial charge on any atom is 0.343 e. The van der Waals surface area contributed by atoms with Crippen LogP contribution < -0.4 is 9.47 Å². The average Bonchev–Trinajstić information content (AvgIpc) is 2.92. The minimum absolute atomic E-state index is 0.0939. The maximum atomic E-state index is 12.5. The number of carbonyl (C=O) groups excluding carboxylic acids is 2. The monoisotopic (exact) mass is 486 g/mol. The van der Waals surface area contributed by atoms with Crippen LogP contribution in [-0.2, 0) is 0 Å². The summed E-state index contributed by atoms with van der Waals surface area (Å²) >= 11 is 0. The van der Waals surface area contributed by atoms with Gasteiger partial charge in [-0.05, 0) is 79.2 Å². The minimum Gasteiger partial charge on any atom is -0.494 e. The topological polar surface area (TPSA) is 77.3 Å². The molecule has 0 unspecified atom stereocenters. The predicted molar refractivity (Wildman–Crippen MR) is 142 cm³/mol. The second-order valence-corrected chi connectivity index (χ2v) is 8.55. The zero-order chi connectivity index (χ0) is 25.6. The predicted octanol–water partition coefficient (Wildman–Crippen LogP) is 8.65. The lowest BCUT2D eigenvalue weighted by atomic mass is 10.1.